The molecule has 0 unspecified atom stereocenters. The summed E-state index contributed by atoms with van der Waals surface area (Å²) in [6, 6.07) is 6.15. The van der Waals surface area contributed by atoms with Crippen LogP contribution in [0.15, 0.2) is 24.3 Å². The topological polar surface area (TPSA) is 111 Å². The van der Waals surface area contributed by atoms with Gasteiger partial charge < -0.3 is 26.0 Å². The van der Waals surface area contributed by atoms with Gasteiger partial charge in [0.1, 0.15) is 12.1 Å². The first-order chi connectivity index (χ1) is 16.3. The summed E-state index contributed by atoms with van der Waals surface area (Å²) in [5.41, 5.74) is 2.43. The first-order valence-corrected chi connectivity index (χ1v) is 12.7. The maximum atomic E-state index is 13.7. The predicted octanol–water partition coefficient (Wildman–Crippen LogP) is 1.42. The number of fused-ring (bicyclic) bond motifs is 2. The van der Waals surface area contributed by atoms with Crippen molar-refractivity contribution in [1.29, 1.82) is 0 Å². The van der Waals surface area contributed by atoms with E-state index >= 15 is 0 Å². The molecule has 186 valence electrons. The summed E-state index contributed by atoms with van der Waals surface area (Å²) in [5.74, 6) is -0.761. The Morgan fingerprint density at radius 1 is 1.09 bits per heavy atom. The average Bonchev–Trinajstić information content (AvgIpc) is 3.25. The van der Waals surface area contributed by atoms with Crippen molar-refractivity contribution in [3.05, 3.63) is 35.4 Å². The molecule has 0 spiro atoms. The van der Waals surface area contributed by atoms with Gasteiger partial charge in [-0.1, -0.05) is 31.2 Å². The van der Waals surface area contributed by atoms with Gasteiger partial charge in [0.05, 0.1) is 18.2 Å². The van der Waals surface area contributed by atoms with Crippen LogP contribution in [0.2, 0.25) is 0 Å². The SMILES string of the molecule is CN[C@@H](C)C(=O)N[C@H]1C[C@@H](C)[C@H](O)C[C@H]2CC[C@@H](C(=O)N[C@@H]3CCCc4ccccc43)N2C1=O. The van der Waals surface area contributed by atoms with Crippen molar-refractivity contribution in [3.63, 3.8) is 0 Å². The Kier molecular flexibility index (Phi) is 7.57. The summed E-state index contributed by atoms with van der Waals surface area (Å²) >= 11 is 0. The molecular formula is C26H38N4O4. The van der Waals surface area contributed by atoms with Gasteiger partial charge in [0.25, 0.3) is 0 Å². The van der Waals surface area contributed by atoms with Gasteiger partial charge in [0.2, 0.25) is 17.7 Å². The third kappa shape index (κ3) is 4.98. The number of rotatable bonds is 5. The molecule has 2 heterocycles. The molecule has 34 heavy (non-hydrogen) atoms. The smallest absolute Gasteiger partial charge is 0.246 e. The minimum Gasteiger partial charge on any atom is -0.393 e. The number of hydrogen-bond acceptors (Lipinski definition) is 5. The van der Waals surface area contributed by atoms with E-state index in [-0.39, 0.29) is 35.7 Å². The molecule has 1 aromatic carbocycles. The lowest BCUT2D eigenvalue weighted by molar-refractivity contribution is -0.146. The second-order valence-corrected chi connectivity index (χ2v) is 10.2. The van der Waals surface area contributed by atoms with Crippen LogP contribution in [0.1, 0.15) is 69.5 Å². The van der Waals surface area contributed by atoms with E-state index in [1.165, 1.54) is 5.56 Å². The second kappa shape index (κ2) is 10.4. The molecule has 1 aliphatic carbocycles. The summed E-state index contributed by atoms with van der Waals surface area (Å²) < 4.78 is 0. The number of carbonyl (C=O) groups is 3. The van der Waals surface area contributed by atoms with Gasteiger partial charge in [-0.05, 0) is 76.0 Å². The van der Waals surface area contributed by atoms with Gasteiger partial charge in [0, 0.05) is 6.04 Å². The van der Waals surface area contributed by atoms with Gasteiger partial charge in [-0.2, -0.15) is 0 Å². The maximum absolute atomic E-state index is 13.7. The van der Waals surface area contributed by atoms with Crippen molar-refractivity contribution in [3.8, 4) is 0 Å². The molecule has 3 amide bonds. The van der Waals surface area contributed by atoms with E-state index < -0.39 is 24.2 Å². The molecule has 3 aliphatic rings. The zero-order chi connectivity index (χ0) is 24.4. The summed E-state index contributed by atoms with van der Waals surface area (Å²) in [5, 5.41) is 19.7. The quantitative estimate of drug-likeness (QED) is 0.520. The number of aliphatic hydroxyl groups excluding tert-OH is 1. The van der Waals surface area contributed by atoms with Crippen molar-refractivity contribution in [2.45, 2.75) is 95.1 Å². The molecule has 0 bridgehead atoms. The number of likely N-dealkylation sites (N-methyl/N-ethyl adjacent to an activating group) is 1. The Morgan fingerprint density at radius 2 is 1.85 bits per heavy atom. The van der Waals surface area contributed by atoms with Crippen molar-refractivity contribution < 1.29 is 19.5 Å². The molecule has 2 aliphatic heterocycles. The summed E-state index contributed by atoms with van der Waals surface area (Å²) in [4.78, 5) is 41.4. The van der Waals surface area contributed by atoms with Crippen LogP contribution in [-0.4, -0.2) is 65.0 Å². The van der Waals surface area contributed by atoms with Crippen molar-refractivity contribution in [1.82, 2.24) is 20.9 Å². The zero-order valence-electron chi connectivity index (χ0n) is 20.4. The first kappa shape index (κ1) is 24.7. The van der Waals surface area contributed by atoms with Crippen LogP contribution in [0, 0.1) is 5.92 Å². The highest BCUT2D eigenvalue weighted by molar-refractivity contribution is 5.94. The fraction of sp³-hybridized carbons (Fsp3) is 0.654. The number of benzene rings is 1. The minimum atomic E-state index is -0.764. The van der Waals surface area contributed by atoms with Crippen LogP contribution in [0.5, 0.6) is 0 Å². The fourth-order valence-electron chi connectivity index (χ4n) is 5.75. The van der Waals surface area contributed by atoms with Crippen LogP contribution in [0.25, 0.3) is 0 Å². The number of hydrogen-bond donors (Lipinski definition) is 4. The Labute approximate surface area is 201 Å². The Morgan fingerprint density at radius 3 is 2.62 bits per heavy atom. The van der Waals surface area contributed by atoms with Crippen LogP contribution in [0.3, 0.4) is 0 Å². The lowest BCUT2D eigenvalue weighted by atomic mass is 9.87. The largest absolute Gasteiger partial charge is 0.393 e. The fourth-order valence-corrected chi connectivity index (χ4v) is 5.75. The van der Waals surface area contributed by atoms with Crippen molar-refractivity contribution in [2.24, 2.45) is 5.92 Å². The highest BCUT2D eigenvalue weighted by Crippen LogP contribution is 2.35. The number of carbonyl (C=O) groups excluding carboxylic acids is 3. The molecule has 0 saturated carbocycles. The van der Waals surface area contributed by atoms with Gasteiger partial charge in [-0.3, -0.25) is 14.4 Å². The van der Waals surface area contributed by atoms with E-state index in [0.29, 0.717) is 25.7 Å². The third-order valence-electron chi connectivity index (χ3n) is 7.96. The summed E-state index contributed by atoms with van der Waals surface area (Å²) in [7, 11) is 1.69. The van der Waals surface area contributed by atoms with E-state index in [1.807, 2.05) is 19.1 Å². The summed E-state index contributed by atoms with van der Waals surface area (Å²) in [6.07, 6.45) is 4.35. The van der Waals surface area contributed by atoms with Gasteiger partial charge in [-0.25, -0.2) is 0 Å². The van der Waals surface area contributed by atoms with Crippen molar-refractivity contribution >= 4 is 17.7 Å². The Hall–Kier alpha value is -2.45. The van der Waals surface area contributed by atoms with Crippen molar-refractivity contribution in [2.75, 3.05) is 7.05 Å². The Bertz CT molecular complexity index is 922. The number of aliphatic hydroxyl groups is 1. The maximum Gasteiger partial charge on any atom is 0.246 e. The van der Waals surface area contributed by atoms with Gasteiger partial charge in [0.15, 0.2) is 0 Å². The lowest BCUT2D eigenvalue weighted by Gasteiger charge is -2.39. The highest BCUT2D eigenvalue weighted by Gasteiger charge is 2.46. The number of nitrogens with one attached hydrogen (secondary N) is 3. The number of aryl methyl sites for hydroxylation is 1. The molecule has 7 atom stereocenters. The van der Waals surface area contributed by atoms with E-state index in [1.54, 1.807) is 18.9 Å². The molecule has 2 fully saturated rings. The molecule has 4 N–H and O–H groups in total. The Balaban J connectivity index is 1.54. The van der Waals surface area contributed by atoms with Gasteiger partial charge >= 0.3 is 0 Å². The summed E-state index contributed by atoms with van der Waals surface area (Å²) in [6.45, 7) is 3.64. The highest BCUT2D eigenvalue weighted by atomic mass is 16.3. The van der Waals surface area contributed by atoms with Gasteiger partial charge in [-0.15, -0.1) is 0 Å². The van der Waals surface area contributed by atoms with Crippen LogP contribution in [-0.2, 0) is 20.8 Å². The van der Waals surface area contributed by atoms with E-state index in [9.17, 15) is 19.5 Å². The van der Waals surface area contributed by atoms with Crippen LogP contribution >= 0.6 is 0 Å². The zero-order valence-corrected chi connectivity index (χ0v) is 20.4. The monoisotopic (exact) mass is 470 g/mol. The van der Waals surface area contributed by atoms with E-state index in [2.05, 4.69) is 28.1 Å². The lowest BCUT2D eigenvalue weighted by Crippen LogP contribution is -2.59. The second-order valence-electron chi connectivity index (χ2n) is 10.2. The van der Waals surface area contributed by atoms with Crippen LogP contribution in [0.4, 0.5) is 0 Å². The molecule has 2 saturated heterocycles. The van der Waals surface area contributed by atoms with Crippen LogP contribution < -0.4 is 16.0 Å². The first-order valence-electron chi connectivity index (χ1n) is 12.7. The molecule has 0 radical (unpaired) electrons. The average molecular weight is 471 g/mol. The molecule has 4 rings (SSSR count). The number of nitrogens with zero attached hydrogens (tertiary/aromatic N) is 1. The molecular weight excluding hydrogens is 432 g/mol. The standard InChI is InChI=1S/C26H38N4O4/c1-15-13-21(29-24(32)16(2)27-3)26(34)30-18(14-23(15)31)11-12-22(30)25(33)28-20-10-6-8-17-7-4-5-9-19(17)20/h4-5,7,9,15-16,18,20-23,27,31H,6,8,10-14H2,1-3H3,(H,28,33)(H,29,32)/t15-,16+,18-,20-,21+,22+,23-/m1/s1. The predicted molar refractivity (Wildman–Crippen MR) is 129 cm³/mol. The third-order valence-corrected chi connectivity index (χ3v) is 7.96. The normalized spacial score (nSPS) is 32.1. The van der Waals surface area contributed by atoms with E-state index in [4.69, 9.17) is 0 Å². The molecule has 0 aromatic heterocycles. The molecule has 8 heteroatoms. The number of amides is 3. The minimum absolute atomic E-state index is 0.0565. The van der Waals surface area contributed by atoms with E-state index in [0.717, 1.165) is 24.8 Å². The molecule has 8 nitrogen and oxygen atoms in total. The molecule has 1 aromatic rings.